The summed E-state index contributed by atoms with van der Waals surface area (Å²) in [5, 5.41) is 0. The fourth-order valence-corrected chi connectivity index (χ4v) is 1.36. The second-order valence-electron chi connectivity index (χ2n) is 4.19. The van der Waals surface area contributed by atoms with E-state index in [1.165, 1.54) is 6.92 Å². The van der Waals surface area contributed by atoms with Gasteiger partial charge in [0.25, 0.3) is 0 Å². The third-order valence-electron chi connectivity index (χ3n) is 2.60. The average Bonchev–Trinajstić information content (AvgIpc) is 2.27. The van der Waals surface area contributed by atoms with Gasteiger partial charge in [0.05, 0.1) is 5.41 Å². The molecule has 0 saturated heterocycles. The van der Waals surface area contributed by atoms with Crippen LogP contribution in [0.5, 0.6) is 0 Å². The number of ketones is 1. The second-order valence-corrected chi connectivity index (χ2v) is 4.19. The highest BCUT2D eigenvalue weighted by molar-refractivity contribution is 5.91. The molecule has 0 amide bonds. The maximum atomic E-state index is 11.9. The highest BCUT2D eigenvalue weighted by atomic mass is 16.5. The smallest absolute Gasteiger partial charge is 0.303 e. The lowest BCUT2D eigenvalue weighted by Gasteiger charge is -2.23. The molecule has 0 saturated carbocycles. The molecule has 0 aliphatic rings. The van der Waals surface area contributed by atoms with Crippen LogP contribution in [-0.2, 0) is 19.7 Å². The summed E-state index contributed by atoms with van der Waals surface area (Å²) in [5.41, 5.74) is 0.295. The van der Waals surface area contributed by atoms with Crippen molar-refractivity contribution in [3.05, 3.63) is 35.9 Å². The number of esters is 1. The standard InChI is InChI=1S/C13H16O3/c1-10(14)16-9-12(15)13(2,3)11-7-5-4-6-8-11/h4-8H,9H2,1-3H3. The Balaban J connectivity index is 2.78. The third kappa shape index (κ3) is 2.92. The van der Waals surface area contributed by atoms with Gasteiger partial charge in [-0.2, -0.15) is 0 Å². The number of carbonyl (C=O) groups is 2. The van der Waals surface area contributed by atoms with Gasteiger partial charge < -0.3 is 4.74 Å². The summed E-state index contributed by atoms with van der Waals surface area (Å²) < 4.78 is 4.72. The van der Waals surface area contributed by atoms with E-state index >= 15 is 0 Å². The zero-order chi connectivity index (χ0) is 12.2. The van der Waals surface area contributed by atoms with Crippen molar-refractivity contribution in [2.45, 2.75) is 26.2 Å². The summed E-state index contributed by atoms with van der Waals surface area (Å²) in [6, 6.07) is 9.46. The van der Waals surface area contributed by atoms with E-state index in [1.807, 2.05) is 44.2 Å². The van der Waals surface area contributed by atoms with Crippen LogP contribution in [0, 0.1) is 0 Å². The fraction of sp³-hybridized carbons (Fsp3) is 0.385. The Bertz CT molecular complexity index is 379. The first-order valence-corrected chi connectivity index (χ1v) is 5.17. The molecule has 0 aliphatic heterocycles. The Hall–Kier alpha value is -1.64. The summed E-state index contributed by atoms with van der Waals surface area (Å²) in [7, 11) is 0. The first-order chi connectivity index (χ1) is 7.44. The van der Waals surface area contributed by atoms with Crippen LogP contribution in [-0.4, -0.2) is 18.4 Å². The van der Waals surface area contributed by atoms with Crippen molar-refractivity contribution in [1.29, 1.82) is 0 Å². The molecule has 0 spiro atoms. The van der Waals surface area contributed by atoms with E-state index in [4.69, 9.17) is 4.74 Å². The van der Waals surface area contributed by atoms with Crippen LogP contribution in [0.1, 0.15) is 26.3 Å². The maximum absolute atomic E-state index is 11.9. The first-order valence-electron chi connectivity index (χ1n) is 5.17. The summed E-state index contributed by atoms with van der Waals surface area (Å²) in [6.45, 7) is 4.78. The van der Waals surface area contributed by atoms with Gasteiger partial charge in [0.15, 0.2) is 12.4 Å². The minimum absolute atomic E-state index is 0.103. The summed E-state index contributed by atoms with van der Waals surface area (Å²) in [6.07, 6.45) is 0. The van der Waals surface area contributed by atoms with Crippen LogP contribution in [0.4, 0.5) is 0 Å². The lowest BCUT2D eigenvalue weighted by molar-refractivity contribution is -0.147. The molecule has 1 rings (SSSR count). The highest BCUT2D eigenvalue weighted by Gasteiger charge is 2.29. The van der Waals surface area contributed by atoms with Crippen LogP contribution in [0.2, 0.25) is 0 Å². The Morgan fingerprint density at radius 3 is 2.25 bits per heavy atom. The van der Waals surface area contributed by atoms with Crippen molar-refractivity contribution < 1.29 is 14.3 Å². The number of rotatable bonds is 4. The van der Waals surface area contributed by atoms with E-state index in [9.17, 15) is 9.59 Å². The maximum Gasteiger partial charge on any atom is 0.303 e. The molecular weight excluding hydrogens is 204 g/mol. The van der Waals surface area contributed by atoms with E-state index in [-0.39, 0.29) is 12.4 Å². The molecule has 0 unspecified atom stereocenters. The van der Waals surface area contributed by atoms with Gasteiger partial charge in [0, 0.05) is 6.92 Å². The molecule has 1 aromatic carbocycles. The predicted octanol–water partition coefficient (Wildman–Crippen LogP) is 2.10. The molecule has 0 atom stereocenters. The quantitative estimate of drug-likeness (QED) is 0.730. The molecule has 0 N–H and O–H groups in total. The van der Waals surface area contributed by atoms with Gasteiger partial charge in [-0.15, -0.1) is 0 Å². The SMILES string of the molecule is CC(=O)OCC(=O)C(C)(C)c1ccccc1. The van der Waals surface area contributed by atoms with Gasteiger partial charge in [0.1, 0.15) is 0 Å². The van der Waals surface area contributed by atoms with Crippen molar-refractivity contribution >= 4 is 11.8 Å². The molecule has 1 aromatic rings. The van der Waals surface area contributed by atoms with Crippen LogP contribution in [0.25, 0.3) is 0 Å². The first kappa shape index (κ1) is 12.4. The molecule has 3 nitrogen and oxygen atoms in total. The van der Waals surface area contributed by atoms with E-state index < -0.39 is 11.4 Å². The molecule has 86 valence electrons. The zero-order valence-electron chi connectivity index (χ0n) is 9.82. The molecule has 0 radical (unpaired) electrons. The number of hydrogen-bond donors (Lipinski definition) is 0. The fourth-order valence-electron chi connectivity index (χ4n) is 1.36. The zero-order valence-corrected chi connectivity index (χ0v) is 9.82. The Labute approximate surface area is 95.4 Å². The molecular formula is C13H16O3. The summed E-state index contributed by atoms with van der Waals surface area (Å²) in [5.74, 6) is -0.536. The Morgan fingerprint density at radius 2 is 1.75 bits per heavy atom. The summed E-state index contributed by atoms with van der Waals surface area (Å²) >= 11 is 0. The van der Waals surface area contributed by atoms with Crippen LogP contribution in [0.3, 0.4) is 0 Å². The topological polar surface area (TPSA) is 43.4 Å². The Kier molecular flexibility index (Phi) is 3.82. The van der Waals surface area contributed by atoms with E-state index in [0.29, 0.717) is 0 Å². The van der Waals surface area contributed by atoms with E-state index in [2.05, 4.69) is 0 Å². The molecule has 0 aromatic heterocycles. The van der Waals surface area contributed by atoms with E-state index in [0.717, 1.165) is 5.56 Å². The normalized spacial score (nSPS) is 10.9. The van der Waals surface area contributed by atoms with Crippen LogP contribution < -0.4 is 0 Å². The average molecular weight is 220 g/mol. The second kappa shape index (κ2) is 4.92. The molecule has 0 bridgehead atoms. The largest absolute Gasteiger partial charge is 0.458 e. The number of carbonyl (C=O) groups excluding carboxylic acids is 2. The van der Waals surface area contributed by atoms with Crippen molar-refractivity contribution in [1.82, 2.24) is 0 Å². The molecule has 0 fully saturated rings. The van der Waals surface area contributed by atoms with Crippen LogP contribution in [0.15, 0.2) is 30.3 Å². The summed E-state index contributed by atoms with van der Waals surface area (Å²) in [4.78, 5) is 22.5. The number of hydrogen-bond acceptors (Lipinski definition) is 3. The van der Waals surface area contributed by atoms with Gasteiger partial charge in [-0.3, -0.25) is 9.59 Å². The Morgan fingerprint density at radius 1 is 1.19 bits per heavy atom. The van der Waals surface area contributed by atoms with Gasteiger partial charge in [-0.1, -0.05) is 30.3 Å². The van der Waals surface area contributed by atoms with Crippen LogP contribution >= 0.6 is 0 Å². The lowest BCUT2D eigenvalue weighted by atomic mass is 9.81. The molecule has 0 heterocycles. The van der Waals surface area contributed by atoms with Gasteiger partial charge in [-0.25, -0.2) is 0 Å². The van der Waals surface area contributed by atoms with Gasteiger partial charge in [0.2, 0.25) is 0 Å². The van der Waals surface area contributed by atoms with E-state index in [1.54, 1.807) is 0 Å². The molecule has 3 heteroatoms. The molecule has 16 heavy (non-hydrogen) atoms. The minimum atomic E-state index is -0.628. The van der Waals surface area contributed by atoms with Crippen molar-refractivity contribution in [3.63, 3.8) is 0 Å². The van der Waals surface area contributed by atoms with Crippen molar-refractivity contribution in [2.75, 3.05) is 6.61 Å². The van der Waals surface area contributed by atoms with Gasteiger partial charge >= 0.3 is 5.97 Å². The molecule has 0 aliphatic carbocycles. The minimum Gasteiger partial charge on any atom is -0.458 e. The highest BCUT2D eigenvalue weighted by Crippen LogP contribution is 2.23. The van der Waals surface area contributed by atoms with Crippen molar-refractivity contribution in [2.24, 2.45) is 0 Å². The monoisotopic (exact) mass is 220 g/mol. The number of Topliss-reactive ketones (excluding diaryl/α,β-unsaturated/α-hetero) is 1. The van der Waals surface area contributed by atoms with Gasteiger partial charge in [-0.05, 0) is 19.4 Å². The number of benzene rings is 1. The number of ether oxygens (including phenoxy) is 1. The predicted molar refractivity (Wildman–Crippen MR) is 61.1 cm³/mol. The third-order valence-corrected chi connectivity index (χ3v) is 2.60. The lowest BCUT2D eigenvalue weighted by Crippen LogP contribution is -2.32. The van der Waals surface area contributed by atoms with Crippen molar-refractivity contribution in [3.8, 4) is 0 Å².